The topological polar surface area (TPSA) is 57.8 Å². The molecule has 4 rings (SSSR count). The lowest BCUT2D eigenvalue weighted by Gasteiger charge is -2.25. The standard InChI is InChI=1S/C18H15F2N3O2/c19-12-2-4-16(20)15(5-12)17-6-14(24)9-23(17)18(25)11-1-3-13-7-21-10-22(13)8-11/h1-5,7-8,10,14,17,24H,6,9H2/t14-,17+/m0/s1. The molecule has 2 atom stereocenters. The van der Waals surface area contributed by atoms with Crippen LogP contribution in [0.4, 0.5) is 8.78 Å². The van der Waals surface area contributed by atoms with Crippen molar-refractivity contribution in [3.63, 3.8) is 0 Å². The minimum Gasteiger partial charge on any atom is -0.391 e. The van der Waals surface area contributed by atoms with E-state index in [-0.39, 0.29) is 24.4 Å². The molecule has 7 heteroatoms. The van der Waals surface area contributed by atoms with E-state index in [0.717, 1.165) is 23.7 Å². The van der Waals surface area contributed by atoms with Gasteiger partial charge in [0.15, 0.2) is 0 Å². The largest absolute Gasteiger partial charge is 0.391 e. The Morgan fingerprint density at radius 1 is 1.24 bits per heavy atom. The Labute approximate surface area is 142 Å². The number of aliphatic hydroxyl groups is 1. The van der Waals surface area contributed by atoms with Crippen LogP contribution in [0.15, 0.2) is 49.1 Å². The number of imidazole rings is 1. The molecule has 128 valence electrons. The number of fused-ring (bicyclic) bond motifs is 1. The molecular weight excluding hydrogens is 328 g/mol. The molecule has 1 amide bonds. The fourth-order valence-corrected chi connectivity index (χ4v) is 3.32. The van der Waals surface area contributed by atoms with Crippen LogP contribution < -0.4 is 0 Å². The molecule has 3 aromatic rings. The summed E-state index contributed by atoms with van der Waals surface area (Å²) < 4.78 is 29.4. The third-order valence-electron chi connectivity index (χ3n) is 4.51. The molecule has 1 fully saturated rings. The first-order valence-corrected chi connectivity index (χ1v) is 7.88. The Balaban J connectivity index is 1.71. The zero-order chi connectivity index (χ0) is 17.6. The summed E-state index contributed by atoms with van der Waals surface area (Å²) in [6, 6.07) is 5.85. The van der Waals surface area contributed by atoms with Crippen molar-refractivity contribution in [1.82, 2.24) is 14.3 Å². The molecule has 0 aliphatic carbocycles. The maximum absolute atomic E-state index is 14.2. The van der Waals surface area contributed by atoms with E-state index in [2.05, 4.69) is 4.98 Å². The summed E-state index contributed by atoms with van der Waals surface area (Å²) in [7, 11) is 0. The zero-order valence-electron chi connectivity index (χ0n) is 13.1. The van der Waals surface area contributed by atoms with Crippen molar-refractivity contribution in [3.8, 4) is 0 Å². The molecule has 1 saturated heterocycles. The van der Waals surface area contributed by atoms with Crippen LogP contribution >= 0.6 is 0 Å². The molecule has 1 aliphatic heterocycles. The SMILES string of the molecule is O=C(c1ccc2cncn2c1)N1C[C@@H](O)C[C@@H]1c1cc(F)ccc1F. The molecule has 2 aromatic heterocycles. The van der Waals surface area contributed by atoms with Gasteiger partial charge in [0, 0.05) is 18.3 Å². The van der Waals surface area contributed by atoms with E-state index in [4.69, 9.17) is 0 Å². The summed E-state index contributed by atoms with van der Waals surface area (Å²) in [5, 5.41) is 10.0. The number of carbonyl (C=O) groups is 1. The van der Waals surface area contributed by atoms with Gasteiger partial charge in [-0.3, -0.25) is 4.79 Å². The fourth-order valence-electron chi connectivity index (χ4n) is 3.32. The number of nitrogens with zero attached hydrogens (tertiary/aromatic N) is 3. The van der Waals surface area contributed by atoms with Gasteiger partial charge in [0.1, 0.15) is 11.6 Å². The summed E-state index contributed by atoms with van der Waals surface area (Å²) in [5.74, 6) is -1.52. The van der Waals surface area contributed by atoms with Crippen LogP contribution in [0.2, 0.25) is 0 Å². The first-order valence-electron chi connectivity index (χ1n) is 7.88. The number of aliphatic hydroxyl groups excluding tert-OH is 1. The highest BCUT2D eigenvalue weighted by Gasteiger charge is 2.37. The van der Waals surface area contributed by atoms with Gasteiger partial charge in [-0.15, -0.1) is 0 Å². The van der Waals surface area contributed by atoms with Crippen LogP contribution in [0, 0.1) is 11.6 Å². The van der Waals surface area contributed by atoms with Crippen molar-refractivity contribution >= 4 is 11.4 Å². The van der Waals surface area contributed by atoms with Crippen molar-refractivity contribution in [2.75, 3.05) is 6.54 Å². The van der Waals surface area contributed by atoms with Gasteiger partial charge in [-0.1, -0.05) is 0 Å². The average Bonchev–Trinajstić information content (AvgIpc) is 3.22. The van der Waals surface area contributed by atoms with Gasteiger partial charge in [0.05, 0.1) is 35.8 Å². The Morgan fingerprint density at radius 2 is 2.08 bits per heavy atom. The second-order valence-electron chi connectivity index (χ2n) is 6.17. The van der Waals surface area contributed by atoms with Crippen molar-refractivity contribution in [1.29, 1.82) is 0 Å². The second-order valence-corrected chi connectivity index (χ2v) is 6.17. The summed E-state index contributed by atoms with van der Waals surface area (Å²) in [5.41, 5.74) is 1.31. The fraction of sp³-hybridized carbons (Fsp3) is 0.222. The first-order chi connectivity index (χ1) is 12.0. The number of amides is 1. The van der Waals surface area contributed by atoms with E-state index in [1.54, 1.807) is 35.3 Å². The smallest absolute Gasteiger partial charge is 0.255 e. The molecule has 3 heterocycles. The highest BCUT2D eigenvalue weighted by atomic mass is 19.1. The monoisotopic (exact) mass is 343 g/mol. The number of hydrogen-bond donors (Lipinski definition) is 1. The third kappa shape index (κ3) is 2.76. The maximum atomic E-state index is 14.2. The highest BCUT2D eigenvalue weighted by Crippen LogP contribution is 2.35. The molecule has 0 unspecified atom stereocenters. The summed E-state index contributed by atoms with van der Waals surface area (Å²) in [6.45, 7) is 0.0709. The number of halogens is 2. The van der Waals surface area contributed by atoms with Gasteiger partial charge < -0.3 is 14.4 Å². The third-order valence-corrected chi connectivity index (χ3v) is 4.51. The average molecular weight is 343 g/mol. The Bertz CT molecular complexity index is 956. The lowest BCUT2D eigenvalue weighted by Crippen LogP contribution is -2.32. The van der Waals surface area contributed by atoms with Crippen molar-refractivity contribution in [2.45, 2.75) is 18.6 Å². The van der Waals surface area contributed by atoms with E-state index in [1.807, 2.05) is 0 Å². The molecule has 0 saturated carbocycles. The molecular formula is C18H15F2N3O2. The van der Waals surface area contributed by atoms with E-state index in [1.165, 1.54) is 4.90 Å². The summed E-state index contributed by atoms with van der Waals surface area (Å²) >= 11 is 0. The molecule has 0 bridgehead atoms. The normalized spacial score (nSPS) is 20.4. The van der Waals surface area contributed by atoms with Crippen LogP contribution in [0.25, 0.3) is 5.52 Å². The van der Waals surface area contributed by atoms with Crippen molar-refractivity contribution in [3.05, 3.63) is 71.8 Å². The number of aromatic nitrogens is 2. The van der Waals surface area contributed by atoms with Gasteiger partial charge in [-0.05, 0) is 36.8 Å². The van der Waals surface area contributed by atoms with Gasteiger partial charge in [0.25, 0.3) is 5.91 Å². The van der Waals surface area contributed by atoms with Crippen LogP contribution in [-0.4, -0.2) is 37.9 Å². The van der Waals surface area contributed by atoms with Crippen LogP contribution in [0.3, 0.4) is 0 Å². The van der Waals surface area contributed by atoms with Gasteiger partial charge in [-0.25, -0.2) is 13.8 Å². The summed E-state index contributed by atoms with van der Waals surface area (Å²) in [4.78, 5) is 18.3. The maximum Gasteiger partial charge on any atom is 0.255 e. The predicted octanol–water partition coefficient (Wildman–Crippen LogP) is 2.56. The first kappa shape index (κ1) is 15.7. The van der Waals surface area contributed by atoms with Crippen molar-refractivity contribution in [2.24, 2.45) is 0 Å². The predicted molar refractivity (Wildman–Crippen MR) is 86.0 cm³/mol. The molecule has 1 aliphatic rings. The molecule has 0 spiro atoms. The van der Waals surface area contributed by atoms with E-state index >= 15 is 0 Å². The zero-order valence-corrected chi connectivity index (χ0v) is 13.1. The van der Waals surface area contributed by atoms with Gasteiger partial charge >= 0.3 is 0 Å². The van der Waals surface area contributed by atoms with Crippen LogP contribution in [0.1, 0.15) is 28.4 Å². The number of carbonyl (C=O) groups excluding carboxylic acids is 1. The lowest BCUT2D eigenvalue weighted by atomic mass is 10.0. The second kappa shape index (κ2) is 5.93. The Kier molecular flexibility index (Phi) is 3.73. The number of pyridine rings is 1. The minimum absolute atomic E-state index is 0.0709. The number of hydrogen-bond acceptors (Lipinski definition) is 3. The molecule has 5 nitrogen and oxygen atoms in total. The number of β-amino-alcohol motifs (C(OH)–C–C–N with tert-alkyl or cyclic N) is 1. The molecule has 25 heavy (non-hydrogen) atoms. The van der Waals surface area contributed by atoms with Crippen LogP contribution in [0.5, 0.6) is 0 Å². The Morgan fingerprint density at radius 3 is 2.92 bits per heavy atom. The van der Waals surface area contributed by atoms with Gasteiger partial charge in [0.2, 0.25) is 0 Å². The van der Waals surface area contributed by atoms with E-state index in [0.29, 0.717) is 5.56 Å². The number of likely N-dealkylation sites (tertiary alicyclic amines) is 1. The molecule has 1 aromatic carbocycles. The number of benzene rings is 1. The highest BCUT2D eigenvalue weighted by molar-refractivity contribution is 5.94. The Hall–Kier alpha value is -2.80. The number of rotatable bonds is 2. The molecule has 0 radical (unpaired) electrons. The summed E-state index contributed by atoms with van der Waals surface area (Å²) in [6.07, 6.45) is 4.26. The minimum atomic E-state index is -0.784. The van der Waals surface area contributed by atoms with E-state index < -0.39 is 23.8 Å². The van der Waals surface area contributed by atoms with E-state index in [9.17, 15) is 18.7 Å². The molecule has 1 N–H and O–H groups in total. The van der Waals surface area contributed by atoms with Crippen molar-refractivity contribution < 1.29 is 18.7 Å². The quantitative estimate of drug-likeness (QED) is 0.778. The lowest BCUT2D eigenvalue weighted by molar-refractivity contribution is 0.0713. The van der Waals surface area contributed by atoms with Crippen LogP contribution in [-0.2, 0) is 0 Å². The van der Waals surface area contributed by atoms with Gasteiger partial charge in [-0.2, -0.15) is 0 Å².